The van der Waals surface area contributed by atoms with Crippen molar-refractivity contribution in [2.24, 2.45) is 0 Å². The van der Waals surface area contributed by atoms with Crippen molar-refractivity contribution in [1.82, 2.24) is 5.32 Å². The van der Waals surface area contributed by atoms with E-state index in [1.54, 1.807) is 30.3 Å². The molecule has 28 heavy (non-hydrogen) atoms. The monoisotopic (exact) mass is 401 g/mol. The molecule has 3 rings (SSSR count). The van der Waals surface area contributed by atoms with E-state index in [1.807, 2.05) is 24.3 Å². The van der Waals surface area contributed by atoms with Crippen LogP contribution in [0.5, 0.6) is 0 Å². The van der Waals surface area contributed by atoms with E-state index in [-0.39, 0.29) is 18.3 Å². The number of nitrogens with zero attached hydrogens (tertiary/aromatic N) is 1. The lowest BCUT2D eigenvalue weighted by Gasteiger charge is -2.29. The molecule has 0 radical (unpaired) electrons. The van der Waals surface area contributed by atoms with Crippen molar-refractivity contribution in [3.63, 3.8) is 0 Å². The molecule has 7 heteroatoms. The van der Waals surface area contributed by atoms with Crippen molar-refractivity contribution in [1.29, 1.82) is 0 Å². The number of amides is 1. The standard InChI is InChI=1S/C21H23N3O3.ClH/c1-27-20(25)11-4-16-2-5-17(6-3-16)21(26)23-18-7-9-19(10-8-18)24-14-12-22-13-15-24;/h2-11,22H,12-15H2,1H3,(H,23,26);1H. The third-order valence-corrected chi connectivity index (χ3v) is 4.39. The number of halogens is 1. The number of piperazine rings is 1. The molecule has 0 saturated carbocycles. The summed E-state index contributed by atoms with van der Waals surface area (Å²) in [5.74, 6) is -0.588. The van der Waals surface area contributed by atoms with Gasteiger partial charge in [0, 0.05) is 49.2 Å². The predicted molar refractivity (Wildman–Crippen MR) is 114 cm³/mol. The van der Waals surface area contributed by atoms with Gasteiger partial charge in [-0.1, -0.05) is 12.1 Å². The van der Waals surface area contributed by atoms with E-state index in [1.165, 1.54) is 13.2 Å². The van der Waals surface area contributed by atoms with Gasteiger partial charge in [0.15, 0.2) is 0 Å². The molecule has 6 nitrogen and oxygen atoms in total. The second kappa shape index (κ2) is 10.5. The number of rotatable bonds is 5. The fourth-order valence-corrected chi connectivity index (χ4v) is 2.86. The summed E-state index contributed by atoms with van der Waals surface area (Å²) in [6.07, 6.45) is 2.98. The first-order valence-electron chi connectivity index (χ1n) is 8.89. The number of hydrogen-bond donors (Lipinski definition) is 2. The first kappa shape index (κ1) is 21.5. The number of carbonyl (C=O) groups excluding carboxylic acids is 2. The van der Waals surface area contributed by atoms with Gasteiger partial charge < -0.3 is 20.3 Å². The molecule has 1 saturated heterocycles. The van der Waals surface area contributed by atoms with E-state index < -0.39 is 5.97 Å². The van der Waals surface area contributed by atoms with Gasteiger partial charge in [0.1, 0.15) is 0 Å². The van der Waals surface area contributed by atoms with Crippen LogP contribution in [-0.2, 0) is 9.53 Å². The molecule has 2 aromatic carbocycles. The average molecular weight is 402 g/mol. The third-order valence-electron chi connectivity index (χ3n) is 4.39. The number of benzene rings is 2. The van der Waals surface area contributed by atoms with Gasteiger partial charge in [-0.15, -0.1) is 12.4 Å². The summed E-state index contributed by atoms with van der Waals surface area (Å²) in [5, 5.41) is 6.24. The van der Waals surface area contributed by atoms with E-state index >= 15 is 0 Å². The molecular weight excluding hydrogens is 378 g/mol. The van der Waals surface area contributed by atoms with Crippen LogP contribution < -0.4 is 15.5 Å². The van der Waals surface area contributed by atoms with Gasteiger partial charge >= 0.3 is 5.97 Å². The quantitative estimate of drug-likeness (QED) is 0.595. The second-order valence-corrected chi connectivity index (χ2v) is 6.22. The van der Waals surface area contributed by atoms with Gasteiger partial charge in [0.05, 0.1) is 7.11 Å². The Labute approximate surface area is 171 Å². The highest BCUT2D eigenvalue weighted by Crippen LogP contribution is 2.19. The molecule has 1 heterocycles. The fourth-order valence-electron chi connectivity index (χ4n) is 2.86. The second-order valence-electron chi connectivity index (χ2n) is 6.22. The van der Waals surface area contributed by atoms with Crippen LogP contribution in [0, 0.1) is 0 Å². The Morgan fingerprint density at radius 2 is 1.68 bits per heavy atom. The zero-order chi connectivity index (χ0) is 19.1. The summed E-state index contributed by atoms with van der Waals surface area (Å²) >= 11 is 0. The van der Waals surface area contributed by atoms with Gasteiger partial charge in [0.2, 0.25) is 0 Å². The van der Waals surface area contributed by atoms with Gasteiger partial charge in [-0.3, -0.25) is 4.79 Å². The molecule has 0 unspecified atom stereocenters. The number of anilines is 2. The van der Waals surface area contributed by atoms with Gasteiger partial charge in [0.25, 0.3) is 5.91 Å². The summed E-state index contributed by atoms with van der Waals surface area (Å²) < 4.78 is 4.55. The van der Waals surface area contributed by atoms with Crippen LogP contribution in [0.4, 0.5) is 11.4 Å². The highest BCUT2D eigenvalue weighted by Gasteiger charge is 2.11. The maximum Gasteiger partial charge on any atom is 0.330 e. The van der Waals surface area contributed by atoms with Gasteiger partial charge in [-0.25, -0.2) is 4.79 Å². The summed E-state index contributed by atoms with van der Waals surface area (Å²) in [6, 6.07) is 14.9. The van der Waals surface area contributed by atoms with E-state index in [9.17, 15) is 9.59 Å². The zero-order valence-corrected chi connectivity index (χ0v) is 16.5. The van der Waals surface area contributed by atoms with Crippen LogP contribution in [0.2, 0.25) is 0 Å². The Morgan fingerprint density at radius 1 is 1.04 bits per heavy atom. The lowest BCUT2D eigenvalue weighted by molar-refractivity contribution is -0.134. The minimum Gasteiger partial charge on any atom is -0.466 e. The third kappa shape index (κ3) is 5.84. The van der Waals surface area contributed by atoms with Crippen LogP contribution in [0.15, 0.2) is 54.6 Å². The maximum absolute atomic E-state index is 12.4. The number of methoxy groups -OCH3 is 1. The molecule has 1 amide bonds. The highest BCUT2D eigenvalue weighted by molar-refractivity contribution is 6.04. The van der Waals surface area contributed by atoms with Crippen molar-refractivity contribution in [2.45, 2.75) is 0 Å². The molecule has 0 bridgehead atoms. The number of carbonyl (C=O) groups is 2. The Kier molecular flexibility index (Phi) is 8.04. The molecule has 148 valence electrons. The molecule has 2 aromatic rings. The minimum absolute atomic E-state index is 0. The summed E-state index contributed by atoms with van der Waals surface area (Å²) in [6.45, 7) is 3.96. The summed E-state index contributed by atoms with van der Waals surface area (Å²) in [5.41, 5.74) is 3.29. The van der Waals surface area contributed by atoms with Crippen LogP contribution in [0.3, 0.4) is 0 Å². The minimum atomic E-state index is -0.416. The number of hydrogen-bond acceptors (Lipinski definition) is 5. The first-order chi connectivity index (χ1) is 13.2. The highest BCUT2D eigenvalue weighted by atomic mass is 35.5. The van der Waals surface area contributed by atoms with E-state index in [0.29, 0.717) is 5.56 Å². The van der Waals surface area contributed by atoms with E-state index in [2.05, 4.69) is 20.3 Å². The Hall–Kier alpha value is -2.83. The maximum atomic E-state index is 12.4. The van der Waals surface area contributed by atoms with Crippen molar-refractivity contribution in [2.75, 3.05) is 43.5 Å². The largest absolute Gasteiger partial charge is 0.466 e. The Balaban J connectivity index is 0.00000280. The van der Waals surface area contributed by atoms with E-state index in [4.69, 9.17) is 0 Å². The lowest BCUT2D eigenvalue weighted by atomic mass is 10.1. The molecule has 1 fully saturated rings. The number of esters is 1. The molecule has 0 atom stereocenters. The van der Waals surface area contributed by atoms with Crippen molar-refractivity contribution in [3.8, 4) is 0 Å². The zero-order valence-electron chi connectivity index (χ0n) is 15.7. The Bertz CT molecular complexity index is 814. The predicted octanol–water partition coefficient (Wildman–Crippen LogP) is 2.96. The van der Waals surface area contributed by atoms with Crippen molar-refractivity contribution >= 4 is 41.7 Å². The van der Waals surface area contributed by atoms with Crippen molar-refractivity contribution < 1.29 is 14.3 Å². The van der Waals surface area contributed by atoms with Crippen LogP contribution in [0.25, 0.3) is 6.08 Å². The fraction of sp³-hybridized carbons (Fsp3) is 0.238. The smallest absolute Gasteiger partial charge is 0.330 e. The Morgan fingerprint density at radius 3 is 2.29 bits per heavy atom. The molecular formula is C21H24ClN3O3. The molecule has 1 aliphatic rings. The van der Waals surface area contributed by atoms with Crippen LogP contribution in [0.1, 0.15) is 15.9 Å². The molecule has 0 aromatic heterocycles. The van der Waals surface area contributed by atoms with Crippen molar-refractivity contribution in [3.05, 3.63) is 65.7 Å². The van der Waals surface area contributed by atoms with E-state index in [0.717, 1.165) is 43.1 Å². The van der Waals surface area contributed by atoms with Crippen LogP contribution >= 0.6 is 12.4 Å². The molecule has 0 spiro atoms. The number of nitrogens with one attached hydrogen (secondary N) is 2. The first-order valence-corrected chi connectivity index (χ1v) is 8.89. The SMILES string of the molecule is COC(=O)C=Cc1ccc(C(=O)Nc2ccc(N3CCNCC3)cc2)cc1.Cl. The normalized spacial score (nSPS) is 13.7. The number of ether oxygens (including phenoxy) is 1. The summed E-state index contributed by atoms with van der Waals surface area (Å²) in [4.78, 5) is 25.8. The molecule has 1 aliphatic heterocycles. The topological polar surface area (TPSA) is 70.7 Å². The summed E-state index contributed by atoms with van der Waals surface area (Å²) in [7, 11) is 1.33. The van der Waals surface area contributed by atoms with Gasteiger partial charge in [-0.2, -0.15) is 0 Å². The van der Waals surface area contributed by atoms with Crippen LogP contribution in [-0.4, -0.2) is 45.2 Å². The molecule has 2 N–H and O–H groups in total. The average Bonchev–Trinajstić information content (AvgIpc) is 2.73. The molecule has 0 aliphatic carbocycles. The lowest BCUT2D eigenvalue weighted by Crippen LogP contribution is -2.43. The van der Waals surface area contributed by atoms with Gasteiger partial charge in [-0.05, 0) is 48.0 Å².